The molecule has 0 saturated carbocycles. The van der Waals surface area contributed by atoms with E-state index in [9.17, 15) is 0 Å². The van der Waals surface area contributed by atoms with Crippen LogP contribution in [0.5, 0.6) is 0 Å². The van der Waals surface area contributed by atoms with Gasteiger partial charge in [0, 0.05) is 49.4 Å². The fourth-order valence-corrected chi connectivity index (χ4v) is 7.61. The molecule has 0 N–H and O–H groups in total. The summed E-state index contributed by atoms with van der Waals surface area (Å²) in [4.78, 5) is 0. The van der Waals surface area contributed by atoms with Crippen molar-refractivity contribution < 1.29 is 8.83 Å². The first kappa shape index (κ1) is 26.0. The second-order valence-electron chi connectivity index (χ2n) is 12.2. The molecule has 0 aliphatic heterocycles. The predicted octanol–water partition coefficient (Wildman–Crippen LogP) is 12.0. The van der Waals surface area contributed by atoms with Crippen LogP contribution in [0.1, 0.15) is 11.3 Å². The summed E-state index contributed by atoms with van der Waals surface area (Å²) in [6.45, 7) is 6.08. The molecule has 6 aromatic carbocycles. The number of hydrogen-bond acceptors (Lipinski definition) is 2. The lowest BCUT2D eigenvalue weighted by molar-refractivity contribution is 0.662. The third-order valence-corrected chi connectivity index (χ3v) is 9.70. The van der Waals surface area contributed by atoms with Gasteiger partial charge in [0.15, 0.2) is 0 Å². The Balaban J connectivity index is 1.22. The van der Waals surface area contributed by atoms with E-state index in [0.29, 0.717) is 0 Å². The molecule has 0 atom stereocenters. The number of fused-ring (bicyclic) bond motifs is 11. The molecule has 0 bridgehead atoms. The van der Waals surface area contributed by atoms with Gasteiger partial charge in [-0.1, -0.05) is 73.3 Å². The van der Waals surface area contributed by atoms with Crippen molar-refractivity contribution in [1.29, 1.82) is 0 Å². The van der Waals surface area contributed by atoms with Crippen LogP contribution in [0.3, 0.4) is 0 Å². The normalized spacial score (nSPS) is 12.4. The van der Waals surface area contributed by atoms with Gasteiger partial charge >= 0.3 is 0 Å². The Hall–Kier alpha value is -6.26. The van der Waals surface area contributed by atoms with Crippen molar-refractivity contribution in [2.45, 2.75) is 6.92 Å². The van der Waals surface area contributed by atoms with Gasteiger partial charge in [0.05, 0.1) is 21.9 Å². The molecule has 0 spiro atoms. The van der Waals surface area contributed by atoms with Crippen LogP contribution >= 0.6 is 0 Å². The summed E-state index contributed by atoms with van der Waals surface area (Å²) in [5.41, 5.74) is 11.4. The van der Waals surface area contributed by atoms with Gasteiger partial charge < -0.3 is 18.0 Å². The molecule has 222 valence electrons. The molecular weight excluding hydrogens is 576 g/mol. The highest BCUT2D eigenvalue weighted by molar-refractivity contribution is 6.22. The Kier molecular flexibility index (Phi) is 5.32. The first-order valence-electron chi connectivity index (χ1n) is 15.9. The van der Waals surface area contributed by atoms with E-state index in [1.165, 1.54) is 38.3 Å². The van der Waals surface area contributed by atoms with E-state index in [2.05, 4.69) is 150 Å². The zero-order valence-electron chi connectivity index (χ0n) is 25.7. The van der Waals surface area contributed by atoms with Crippen molar-refractivity contribution in [2.75, 3.05) is 0 Å². The molecule has 4 heteroatoms. The molecule has 0 aliphatic rings. The Morgan fingerprint density at radius 2 is 1.11 bits per heavy atom. The van der Waals surface area contributed by atoms with Crippen molar-refractivity contribution in [3.05, 3.63) is 151 Å². The number of allylic oxidation sites excluding steroid dienone is 2. The predicted molar refractivity (Wildman–Crippen MR) is 196 cm³/mol. The van der Waals surface area contributed by atoms with Crippen LogP contribution < -0.4 is 0 Å². The monoisotopic (exact) mass is 604 g/mol. The van der Waals surface area contributed by atoms with Gasteiger partial charge in [-0.2, -0.15) is 0 Å². The van der Waals surface area contributed by atoms with Crippen LogP contribution in [0, 0.1) is 6.92 Å². The SMILES string of the molecule is C=C/C=C\c1c(C)c2ccccc2n1-c1ccc2oc3c(ccc4oc5ccc(-n6c7ccccc7c7ccccc76)cc5c43)c2c1. The maximum absolute atomic E-state index is 6.68. The minimum absolute atomic E-state index is 0.815. The number of aromatic nitrogens is 2. The number of para-hydroxylation sites is 3. The van der Waals surface area contributed by atoms with Crippen molar-refractivity contribution in [1.82, 2.24) is 9.13 Å². The van der Waals surface area contributed by atoms with Crippen LogP contribution in [-0.2, 0) is 0 Å². The number of hydrogen-bond donors (Lipinski definition) is 0. The summed E-state index contributed by atoms with van der Waals surface area (Å²) < 4.78 is 17.8. The first-order chi connectivity index (χ1) is 23.2. The second kappa shape index (κ2) is 9.62. The summed E-state index contributed by atoms with van der Waals surface area (Å²) >= 11 is 0. The average Bonchev–Trinajstić information content (AvgIpc) is 3.84. The first-order valence-corrected chi connectivity index (χ1v) is 15.9. The molecule has 10 aromatic rings. The van der Waals surface area contributed by atoms with Gasteiger partial charge in [-0.25, -0.2) is 0 Å². The summed E-state index contributed by atoms with van der Waals surface area (Å²) in [5, 5.41) is 7.88. The number of nitrogens with zero attached hydrogens (tertiary/aromatic N) is 2. The van der Waals surface area contributed by atoms with Crippen LogP contribution in [0.2, 0.25) is 0 Å². The van der Waals surface area contributed by atoms with E-state index in [1.54, 1.807) is 0 Å². The zero-order chi connectivity index (χ0) is 31.2. The van der Waals surface area contributed by atoms with E-state index >= 15 is 0 Å². The highest BCUT2D eigenvalue weighted by Crippen LogP contribution is 2.42. The smallest absolute Gasteiger partial charge is 0.147 e. The minimum atomic E-state index is 0.815. The molecule has 10 rings (SSSR count). The second-order valence-corrected chi connectivity index (χ2v) is 12.2. The number of benzene rings is 6. The molecule has 4 aromatic heterocycles. The van der Waals surface area contributed by atoms with Crippen molar-refractivity contribution in [3.63, 3.8) is 0 Å². The fraction of sp³-hybridized carbons (Fsp3) is 0.0233. The molecule has 47 heavy (non-hydrogen) atoms. The highest BCUT2D eigenvalue weighted by atomic mass is 16.3. The standard InChI is InChI=1S/C43H28N2O2/c1-3-4-14-35-26(2)29-11-5-8-15-36(29)44(35)27-18-21-39-33(24-27)32-20-23-41-42(43(32)47-39)34-25-28(19-22-40(34)46-41)45-37-16-9-6-12-30(37)31-13-7-10-17-38(31)45/h3-25H,1H2,2H3/b14-4-. The Morgan fingerprint density at radius 1 is 0.532 bits per heavy atom. The average molecular weight is 605 g/mol. The summed E-state index contributed by atoms with van der Waals surface area (Å²) in [5.74, 6) is 0. The van der Waals surface area contributed by atoms with Crippen molar-refractivity contribution in [2.24, 2.45) is 0 Å². The Morgan fingerprint density at radius 3 is 1.81 bits per heavy atom. The summed E-state index contributed by atoms with van der Waals surface area (Å²) in [7, 11) is 0. The van der Waals surface area contributed by atoms with Crippen molar-refractivity contribution in [3.8, 4) is 11.4 Å². The van der Waals surface area contributed by atoms with Crippen LogP contribution in [-0.4, -0.2) is 9.13 Å². The van der Waals surface area contributed by atoms with E-state index < -0.39 is 0 Å². The number of rotatable bonds is 4. The number of furan rings is 2. The van der Waals surface area contributed by atoms with Gasteiger partial charge in [0.2, 0.25) is 0 Å². The topological polar surface area (TPSA) is 36.1 Å². The highest BCUT2D eigenvalue weighted by Gasteiger charge is 2.20. The molecule has 0 unspecified atom stereocenters. The van der Waals surface area contributed by atoms with Crippen molar-refractivity contribution >= 4 is 82.7 Å². The van der Waals surface area contributed by atoms with Crippen LogP contribution in [0.4, 0.5) is 0 Å². The van der Waals surface area contributed by atoms with Crippen LogP contribution in [0.15, 0.2) is 149 Å². The fourth-order valence-electron chi connectivity index (χ4n) is 7.61. The molecule has 0 aliphatic carbocycles. The molecule has 0 saturated heterocycles. The van der Waals surface area contributed by atoms with Gasteiger partial charge in [0.25, 0.3) is 0 Å². The lowest BCUT2D eigenvalue weighted by Crippen LogP contribution is -1.96. The van der Waals surface area contributed by atoms with E-state index in [1.807, 2.05) is 12.2 Å². The Bertz CT molecular complexity index is 2890. The largest absolute Gasteiger partial charge is 0.456 e. The quantitative estimate of drug-likeness (QED) is 0.187. The maximum atomic E-state index is 6.68. The Labute approximate surface area is 269 Å². The lowest BCUT2D eigenvalue weighted by Gasteiger charge is -2.09. The van der Waals surface area contributed by atoms with Gasteiger partial charge in [-0.3, -0.25) is 0 Å². The van der Waals surface area contributed by atoms with Gasteiger partial charge in [-0.15, -0.1) is 0 Å². The maximum Gasteiger partial charge on any atom is 0.147 e. The molecular formula is C43H28N2O2. The molecule has 0 amide bonds. The summed E-state index contributed by atoms with van der Waals surface area (Å²) in [6, 6.07) is 42.9. The molecule has 4 nitrogen and oxygen atoms in total. The summed E-state index contributed by atoms with van der Waals surface area (Å²) in [6.07, 6.45) is 5.95. The minimum Gasteiger partial charge on any atom is -0.456 e. The van der Waals surface area contributed by atoms with E-state index in [0.717, 1.165) is 60.9 Å². The molecule has 4 heterocycles. The lowest BCUT2D eigenvalue weighted by atomic mass is 10.1. The van der Waals surface area contributed by atoms with Gasteiger partial charge in [0.1, 0.15) is 22.3 Å². The zero-order valence-corrected chi connectivity index (χ0v) is 25.7. The van der Waals surface area contributed by atoms with Crippen LogP contribution in [0.25, 0.3) is 94.0 Å². The third-order valence-electron chi connectivity index (χ3n) is 9.70. The van der Waals surface area contributed by atoms with E-state index in [4.69, 9.17) is 8.83 Å². The number of aryl methyl sites for hydroxylation is 1. The van der Waals surface area contributed by atoms with Gasteiger partial charge in [-0.05, 0) is 85.3 Å². The molecule has 0 radical (unpaired) electrons. The molecule has 0 fully saturated rings. The third kappa shape index (κ3) is 3.58. The van der Waals surface area contributed by atoms with E-state index in [-0.39, 0.29) is 0 Å².